The number of rotatable bonds is 2. The molecule has 1 unspecified atom stereocenters. The molecule has 2 heterocycles. The standard InChI is InChI=1S/C14H17N3O2/c15-11-5-1-3-9-7-12(17-13(9)11)14(18)16-10-4-2-6-19-8-10/h1,3,5,7,10,17H,2,4,6,8,15H2,(H,16,18). The summed E-state index contributed by atoms with van der Waals surface area (Å²) in [6, 6.07) is 7.55. The Morgan fingerprint density at radius 1 is 1.47 bits per heavy atom. The van der Waals surface area contributed by atoms with E-state index in [1.807, 2.05) is 24.3 Å². The minimum absolute atomic E-state index is 0.102. The number of carbonyl (C=O) groups is 1. The average molecular weight is 259 g/mol. The van der Waals surface area contributed by atoms with Gasteiger partial charge in [0.1, 0.15) is 5.69 Å². The van der Waals surface area contributed by atoms with Crippen LogP contribution in [0.2, 0.25) is 0 Å². The molecular weight excluding hydrogens is 242 g/mol. The fourth-order valence-corrected chi connectivity index (χ4v) is 2.42. The molecule has 2 aromatic rings. The van der Waals surface area contributed by atoms with E-state index in [0.29, 0.717) is 18.0 Å². The van der Waals surface area contributed by atoms with Gasteiger partial charge in [-0.1, -0.05) is 12.1 Å². The molecule has 1 atom stereocenters. The van der Waals surface area contributed by atoms with E-state index in [1.54, 1.807) is 0 Å². The first kappa shape index (κ1) is 12.0. The summed E-state index contributed by atoms with van der Waals surface area (Å²) in [6.07, 6.45) is 1.96. The van der Waals surface area contributed by atoms with Crippen LogP contribution >= 0.6 is 0 Å². The van der Waals surface area contributed by atoms with Crippen molar-refractivity contribution in [1.29, 1.82) is 0 Å². The molecule has 1 aromatic heterocycles. The Balaban J connectivity index is 1.79. The first-order valence-corrected chi connectivity index (χ1v) is 6.50. The molecule has 0 radical (unpaired) electrons. The lowest BCUT2D eigenvalue weighted by Crippen LogP contribution is -2.40. The number of aromatic amines is 1. The molecular formula is C14H17N3O2. The highest BCUT2D eigenvalue weighted by Crippen LogP contribution is 2.21. The van der Waals surface area contributed by atoms with Crippen LogP contribution in [-0.4, -0.2) is 30.1 Å². The molecule has 4 N–H and O–H groups in total. The monoisotopic (exact) mass is 259 g/mol. The Labute approximate surface area is 111 Å². The molecule has 5 heteroatoms. The normalized spacial score (nSPS) is 19.5. The lowest BCUT2D eigenvalue weighted by molar-refractivity contribution is 0.0622. The SMILES string of the molecule is Nc1cccc2cc(C(=O)NC3CCCOC3)[nH]c12. The molecule has 1 aliphatic heterocycles. The van der Waals surface area contributed by atoms with Crippen LogP contribution in [0.5, 0.6) is 0 Å². The largest absolute Gasteiger partial charge is 0.397 e. The van der Waals surface area contributed by atoms with Crippen LogP contribution in [0.25, 0.3) is 10.9 Å². The summed E-state index contributed by atoms with van der Waals surface area (Å²) < 4.78 is 5.35. The maximum atomic E-state index is 12.2. The number of hydrogen-bond acceptors (Lipinski definition) is 3. The Bertz CT molecular complexity index is 600. The number of ether oxygens (including phenoxy) is 1. The van der Waals surface area contributed by atoms with E-state index in [0.717, 1.165) is 30.4 Å². The van der Waals surface area contributed by atoms with Crippen molar-refractivity contribution in [3.05, 3.63) is 30.0 Å². The van der Waals surface area contributed by atoms with E-state index >= 15 is 0 Å². The van der Waals surface area contributed by atoms with Crippen molar-refractivity contribution in [2.75, 3.05) is 18.9 Å². The van der Waals surface area contributed by atoms with Crippen LogP contribution in [0.15, 0.2) is 24.3 Å². The summed E-state index contributed by atoms with van der Waals surface area (Å²) in [5.41, 5.74) is 7.87. The van der Waals surface area contributed by atoms with Crippen LogP contribution in [-0.2, 0) is 4.74 Å². The molecule has 1 aliphatic rings. The fourth-order valence-electron chi connectivity index (χ4n) is 2.42. The zero-order valence-electron chi connectivity index (χ0n) is 10.6. The first-order chi connectivity index (χ1) is 9.24. The predicted molar refractivity (Wildman–Crippen MR) is 74.0 cm³/mol. The smallest absolute Gasteiger partial charge is 0.268 e. The van der Waals surface area contributed by atoms with Crippen molar-refractivity contribution < 1.29 is 9.53 Å². The number of hydrogen-bond donors (Lipinski definition) is 3. The Kier molecular flexibility index (Phi) is 3.13. The number of anilines is 1. The van der Waals surface area contributed by atoms with Crippen molar-refractivity contribution in [2.45, 2.75) is 18.9 Å². The maximum Gasteiger partial charge on any atom is 0.268 e. The lowest BCUT2D eigenvalue weighted by atomic mass is 10.1. The van der Waals surface area contributed by atoms with Crippen molar-refractivity contribution in [3.8, 4) is 0 Å². The highest BCUT2D eigenvalue weighted by molar-refractivity contribution is 6.00. The fraction of sp³-hybridized carbons (Fsp3) is 0.357. The van der Waals surface area contributed by atoms with E-state index in [1.165, 1.54) is 0 Å². The summed E-state index contributed by atoms with van der Waals surface area (Å²) >= 11 is 0. The molecule has 0 spiro atoms. The Morgan fingerprint density at radius 2 is 2.37 bits per heavy atom. The van der Waals surface area contributed by atoms with E-state index in [4.69, 9.17) is 10.5 Å². The molecule has 100 valence electrons. The van der Waals surface area contributed by atoms with Crippen molar-refractivity contribution >= 4 is 22.5 Å². The highest BCUT2D eigenvalue weighted by atomic mass is 16.5. The minimum Gasteiger partial charge on any atom is -0.397 e. The van der Waals surface area contributed by atoms with Crippen molar-refractivity contribution in [2.24, 2.45) is 0 Å². The van der Waals surface area contributed by atoms with Crippen LogP contribution in [0, 0.1) is 0 Å². The van der Waals surface area contributed by atoms with Crippen LogP contribution in [0.3, 0.4) is 0 Å². The summed E-state index contributed by atoms with van der Waals surface area (Å²) in [5.74, 6) is -0.105. The van der Waals surface area contributed by atoms with Gasteiger partial charge in [-0.3, -0.25) is 4.79 Å². The number of nitrogens with two attached hydrogens (primary N) is 1. The van der Waals surface area contributed by atoms with Gasteiger partial charge in [0.15, 0.2) is 0 Å². The molecule has 1 aromatic carbocycles. The molecule has 0 bridgehead atoms. The lowest BCUT2D eigenvalue weighted by Gasteiger charge is -2.22. The number of fused-ring (bicyclic) bond motifs is 1. The Morgan fingerprint density at radius 3 is 3.11 bits per heavy atom. The summed E-state index contributed by atoms with van der Waals surface area (Å²) in [7, 11) is 0. The second-order valence-electron chi connectivity index (χ2n) is 4.88. The van der Waals surface area contributed by atoms with Crippen molar-refractivity contribution in [1.82, 2.24) is 10.3 Å². The van der Waals surface area contributed by atoms with E-state index in [9.17, 15) is 4.79 Å². The van der Waals surface area contributed by atoms with Crippen molar-refractivity contribution in [3.63, 3.8) is 0 Å². The third kappa shape index (κ3) is 2.42. The predicted octanol–water partition coefficient (Wildman–Crippen LogP) is 1.66. The second-order valence-corrected chi connectivity index (χ2v) is 4.88. The molecule has 3 rings (SSSR count). The number of nitrogen functional groups attached to an aromatic ring is 1. The third-order valence-corrected chi connectivity index (χ3v) is 3.43. The average Bonchev–Trinajstić information content (AvgIpc) is 2.85. The number of benzene rings is 1. The van der Waals surface area contributed by atoms with Gasteiger partial charge in [0.05, 0.1) is 23.9 Å². The molecule has 0 saturated carbocycles. The van der Waals surface area contributed by atoms with Crippen LogP contribution in [0.4, 0.5) is 5.69 Å². The maximum absolute atomic E-state index is 12.2. The molecule has 5 nitrogen and oxygen atoms in total. The van der Waals surface area contributed by atoms with Gasteiger partial charge in [-0.25, -0.2) is 0 Å². The third-order valence-electron chi connectivity index (χ3n) is 3.43. The van der Waals surface area contributed by atoms with E-state index < -0.39 is 0 Å². The second kappa shape index (κ2) is 4.93. The number of amides is 1. The number of H-pyrrole nitrogens is 1. The van der Waals surface area contributed by atoms with Gasteiger partial charge in [-0.05, 0) is 25.0 Å². The zero-order chi connectivity index (χ0) is 13.2. The minimum atomic E-state index is -0.105. The zero-order valence-corrected chi connectivity index (χ0v) is 10.6. The van der Waals surface area contributed by atoms with Gasteiger partial charge in [0.25, 0.3) is 5.91 Å². The quantitative estimate of drug-likeness (QED) is 0.717. The molecule has 0 aliphatic carbocycles. The molecule has 1 fully saturated rings. The molecule has 1 amide bonds. The summed E-state index contributed by atoms with van der Waals surface area (Å²) in [6.45, 7) is 1.38. The molecule has 19 heavy (non-hydrogen) atoms. The number of para-hydroxylation sites is 1. The molecule has 1 saturated heterocycles. The van der Waals surface area contributed by atoms with Gasteiger partial charge in [-0.2, -0.15) is 0 Å². The highest BCUT2D eigenvalue weighted by Gasteiger charge is 2.18. The first-order valence-electron chi connectivity index (χ1n) is 6.50. The number of nitrogens with one attached hydrogen (secondary N) is 2. The Hall–Kier alpha value is -2.01. The van der Waals surface area contributed by atoms with Gasteiger partial charge >= 0.3 is 0 Å². The summed E-state index contributed by atoms with van der Waals surface area (Å²) in [5, 5.41) is 3.93. The van der Waals surface area contributed by atoms with E-state index in [2.05, 4.69) is 10.3 Å². The van der Waals surface area contributed by atoms with Gasteiger partial charge in [-0.15, -0.1) is 0 Å². The number of aromatic nitrogens is 1. The topological polar surface area (TPSA) is 80.1 Å². The van der Waals surface area contributed by atoms with Crippen LogP contribution in [0.1, 0.15) is 23.3 Å². The van der Waals surface area contributed by atoms with Gasteiger partial charge in [0, 0.05) is 12.0 Å². The number of carbonyl (C=O) groups excluding carboxylic acids is 1. The summed E-state index contributed by atoms with van der Waals surface area (Å²) in [4.78, 5) is 15.2. The van der Waals surface area contributed by atoms with Gasteiger partial charge in [0.2, 0.25) is 0 Å². The van der Waals surface area contributed by atoms with Gasteiger partial charge < -0.3 is 20.8 Å². The van der Waals surface area contributed by atoms with Crippen LogP contribution < -0.4 is 11.1 Å². The van der Waals surface area contributed by atoms with E-state index in [-0.39, 0.29) is 11.9 Å².